The summed E-state index contributed by atoms with van der Waals surface area (Å²) in [6, 6.07) is 10.2. The number of hydrogen-bond donors (Lipinski definition) is 2. The van der Waals surface area contributed by atoms with E-state index < -0.39 is 41.9 Å². The number of piperazine rings is 1. The number of ketones is 1. The minimum absolute atomic E-state index is 0.116. The van der Waals surface area contributed by atoms with Crippen LogP contribution in [0.3, 0.4) is 0 Å². The number of ether oxygens (including phenoxy) is 1. The number of carboxylic acid groups (broad SMARTS) is 1. The minimum atomic E-state index is -1.24. The van der Waals surface area contributed by atoms with E-state index in [1.165, 1.54) is 28.4 Å². The van der Waals surface area contributed by atoms with Crippen molar-refractivity contribution in [3.63, 3.8) is 0 Å². The molecule has 5 rings (SSSR count). The number of rotatable bonds is 7. The number of urea groups is 1. The molecule has 1 aromatic heterocycles. The molecule has 0 bridgehead atoms. The predicted molar refractivity (Wildman–Crippen MR) is 161 cm³/mol. The fraction of sp³-hybridized carbons (Fsp3) is 0.333. The van der Waals surface area contributed by atoms with Crippen LogP contribution in [0.15, 0.2) is 59.2 Å². The second-order valence-corrected chi connectivity index (χ2v) is 12.5. The van der Waals surface area contributed by atoms with Gasteiger partial charge in [0.15, 0.2) is 5.78 Å². The van der Waals surface area contributed by atoms with Crippen LogP contribution in [0.4, 0.5) is 4.79 Å². The number of aliphatic carboxylic acids is 1. The summed E-state index contributed by atoms with van der Waals surface area (Å²) in [5.41, 5.74) is 2.34. The largest absolute Gasteiger partial charge is 0.487 e. The molecule has 1 fully saturated rings. The molecule has 2 atom stereocenters. The Hall–Kier alpha value is -4.29. The van der Waals surface area contributed by atoms with Crippen molar-refractivity contribution in [2.24, 2.45) is 4.99 Å². The molecule has 1 saturated heterocycles. The average Bonchev–Trinajstić information content (AvgIpc) is 3.60. The molecule has 0 radical (unpaired) electrons. The van der Waals surface area contributed by atoms with Crippen molar-refractivity contribution >= 4 is 52.5 Å². The molecular formula is C30H30ClN5O6S. The van der Waals surface area contributed by atoms with Crippen molar-refractivity contribution < 1.29 is 29.0 Å². The summed E-state index contributed by atoms with van der Waals surface area (Å²) in [5, 5.41) is 12.5. The monoisotopic (exact) mass is 623 g/mol. The zero-order valence-electron chi connectivity index (χ0n) is 23.7. The fourth-order valence-electron chi connectivity index (χ4n) is 5.02. The van der Waals surface area contributed by atoms with Crippen LogP contribution in [0.1, 0.15) is 65.6 Å². The van der Waals surface area contributed by atoms with E-state index in [2.05, 4.69) is 10.3 Å². The number of Topliss-reactive ketones (excluding diaryl/α,β-unsaturated/α-hetero) is 1. The normalized spacial score (nSPS) is 18.7. The van der Waals surface area contributed by atoms with Crippen molar-refractivity contribution in [2.45, 2.75) is 44.9 Å². The van der Waals surface area contributed by atoms with Gasteiger partial charge in [0.25, 0.3) is 0 Å². The highest BCUT2D eigenvalue weighted by Gasteiger charge is 2.45. The molecule has 3 amide bonds. The first-order valence-corrected chi connectivity index (χ1v) is 14.8. The fourth-order valence-corrected chi connectivity index (χ4v) is 5.83. The molecule has 0 spiro atoms. The molecule has 2 unspecified atom stereocenters. The molecule has 13 heteroatoms. The Morgan fingerprint density at radius 1 is 1.16 bits per heavy atom. The molecule has 0 aliphatic carbocycles. The van der Waals surface area contributed by atoms with Crippen molar-refractivity contribution in [1.29, 1.82) is 0 Å². The van der Waals surface area contributed by atoms with Crippen LogP contribution in [0.2, 0.25) is 5.02 Å². The highest BCUT2D eigenvalue weighted by Crippen LogP contribution is 2.46. The van der Waals surface area contributed by atoms with Crippen LogP contribution in [0.25, 0.3) is 0 Å². The Labute approximate surface area is 257 Å². The molecule has 11 nitrogen and oxygen atoms in total. The molecule has 43 heavy (non-hydrogen) atoms. The number of thiazole rings is 1. The molecular weight excluding hydrogens is 594 g/mol. The standard InChI is InChI=1S/C30H30ClN5O6S/c1-30(2,3)42-22-12-18(21(37)13-25(39)40)6-9-20(22)28-34-26(23-14-32-16-43-23)27(17-4-7-19(31)8-5-17)36(28)29(41)35-11-10-33-24(38)15-35/h4-9,12,14,16,26-27H,10-11,13,15H2,1-3H3,(H,33,38)(H,39,40). The van der Waals surface area contributed by atoms with Crippen LogP contribution >= 0.6 is 22.9 Å². The molecule has 3 aromatic rings. The van der Waals surface area contributed by atoms with E-state index in [0.29, 0.717) is 23.7 Å². The number of amides is 3. The Balaban J connectivity index is 1.69. The summed E-state index contributed by atoms with van der Waals surface area (Å²) in [6.45, 7) is 6.02. The molecule has 2 aliphatic rings. The lowest BCUT2D eigenvalue weighted by Gasteiger charge is -2.36. The van der Waals surface area contributed by atoms with Crippen molar-refractivity contribution in [2.75, 3.05) is 19.6 Å². The van der Waals surface area contributed by atoms with Gasteiger partial charge in [-0.3, -0.25) is 29.3 Å². The predicted octanol–water partition coefficient (Wildman–Crippen LogP) is 4.73. The van der Waals surface area contributed by atoms with E-state index in [1.54, 1.807) is 34.8 Å². The van der Waals surface area contributed by atoms with E-state index in [0.717, 1.165) is 10.4 Å². The third-order valence-electron chi connectivity index (χ3n) is 6.81. The molecule has 2 aliphatic heterocycles. The zero-order valence-corrected chi connectivity index (χ0v) is 25.3. The summed E-state index contributed by atoms with van der Waals surface area (Å²) < 4.78 is 6.29. The number of nitrogens with zero attached hydrogens (tertiary/aromatic N) is 4. The van der Waals surface area contributed by atoms with Crippen molar-refractivity contribution in [3.05, 3.63) is 80.8 Å². The second-order valence-electron chi connectivity index (χ2n) is 11.1. The van der Waals surface area contributed by atoms with E-state index in [9.17, 15) is 24.3 Å². The highest BCUT2D eigenvalue weighted by molar-refractivity contribution is 7.09. The Morgan fingerprint density at radius 2 is 1.91 bits per heavy atom. The van der Waals surface area contributed by atoms with Gasteiger partial charge in [0.2, 0.25) is 5.91 Å². The van der Waals surface area contributed by atoms with Gasteiger partial charge in [-0.25, -0.2) is 4.79 Å². The van der Waals surface area contributed by atoms with Crippen LogP contribution in [0.5, 0.6) is 5.75 Å². The first-order chi connectivity index (χ1) is 20.4. The Kier molecular flexibility index (Phi) is 8.52. The summed E-state index contributed by atoms with van der Waals surface area (Å²) in [6.07, 6.45) is 1.03. The smallest absolute Gasteiger partial charge is 0.326 e. The number of carbonyl (C=O) groups is 4. The van der Waals surface area contributed by atoms with Crippen LogP contribution in [-0.2, 0) is 9.59 Å². The number of aromatic nitrogens is 1. The van der Waals surface area contributed by atoms with E-state index in [1.807, 2.05) is 32.9 Å². The maximum Gasteiger partial charge on any atom is 0.326 e. The zero-order chi connectivity index (χ0) is 30.9. The molecule has 3 heterocycles. The maximum atomic E-state index is 14.4. The lowest BCUT2D eigenvalue weighted by Crippen LogP contribution is -2.55. The SMILES string of the molecule is CC(C)(C)Oc1cc(C(=O)CC(=O)O)ccc1C1=NC(c2cncs2)C(c2ccc(Cl)cc2)N1C(=O)N1CCNC(=O)C1. The second kappa shape index (κ2) is 12.1. The van der Waals surface area contributed by atoms with Gasteiger partial charge in [-0.2, -0.15) is 0 Å². The first kappa shape index (κ1) is 30.2. The highest BCUT2D eigenvalue weighted by atomic mass is 35.5. The number of hydrogen-bond acceptors (Lipinski definition) is 8. The number of carbonyl (C=O) groups excluding carboxylic acids is 3. The Morgan fingerprint density at radius 3 is 2.53 bits per heavy atom. The van der Waals surface area contributed by atoms with Crippen molar-refractivity contribution in [1.82, 2.24) is 20.1 Å². The summed E-state index contributed by atoms with van der Waals surface area (Å²) in [4.78, 5) is 63.8. The quantitative estimate of drug-likeness (QED) is 0.286. The molecule has 2 N–H and O–H groups in total. The minimum Gasteiger partial charge on any atom is -0.487 e. The lowest BCUT2D eigenvalue weighted by molar-refractivity contribution is -0.136. The third-order valence-corrected chi connectivity index (χ3v) is 7.91. The first-order valence-electron chi connectivity index (χ1n) is 13.6. The molecule has 0 saturated carbocycles. The van der Waals surface area contributed by atoms with E-state index in [-0.39, 0.29) is 29.6 Å². The number of amidine groups is 1. The summed E-state index contributed by atoms with van der Waals surface area (Å²) in [7, 11) is 0. The topological polar surface area (TPSA) is 142 Å². The number of aliphatic imine (C=N–C) groups is 1. The van der Waals surface area contributed by atoms with Gasteiger partial charge >= 0.3 is 12.0 Å². The van der Waals surface area contributed by atoms with E-state index in [4.69, 9.17) is 21.3 Å². The number of nitrogens with one attached hydrogen (secondary N) is 1. The van der Waals surface area contributed by atoms with Crippen LogP contribution < -0.4 is 10.1 Å². The number of halogens is 1. The average molecular weight is 624 g/mol. The number of benzene rings is 2. The van der Waals surface area contributed by atoms with Gasteiger partial charge in [0.1, 0.15) is 36.2 Å². The Bertz CT molecular complexity index is 1590. The molecule has 224 valence electrons. The van der Waals surface area contributed by atoms with Gasteiger partial charge in [-0.1, -0.05) is 29.8 Å². The summed E-state index contributed by atoms with van der Waals surface area (Å²) in [5.74, 6) is -1.55. The van der Waals surface area contributed by atoms with Crippen molar-refractivity contribution in [3.8, 4) is 5.75 Å². The van der Waals surface area contributed by atoms with Gasteiger partial charge in [-0.05, 0) is 50.6 Å². The third kappa shape index (κ3) is 6.70. The van der Waals surface area contributed by atoms with Crippen LogP contribution in [-0.4, -0.2) is 74.7 Å². The van der Waals surface area contributed by atoms with Gasteiger partial charge in [-0.15, -0.1) is 11.3 Å². The maximum absolute atomic E-state index is 14.4. The summed E-state index contributed by atoms with van der Waals surface area (Å²) >= 11 is 7.62. The molecule has 2 aromatic carbocycles. The van der Waals surface area contributed by atoms with Gasteiger partial charge in [0.05, 0.1) is 22.0 Å². The lowest BCUT2D eigenvalue weighted by atomic mass is 9.98. The van der Waals surface area contributed by atoms with Crippen LogP contribution in [0, 0.1) is 0 Å². The number of carboxylic acids is 1. The van der Waals surface area contributed by atoms with Gasteiger partial charge < -0.3 is 20.1 Å². The van der Waals surface area contributed by atoms with E-state index >= 15 is 0 Å². The van der Waals surface area contributed by atoms with Gasteiger partial charge in [0, 0.05) is 29.9 Å².